The van der Waals surface area contributed by atoms with Crippen molar-refractivity contribution in [3.05, 3.63) is 51.7 Å². The third-order valence-corrected chi connectivity index (χ3v) is 4.15. The number of ether oxygens (including phenoxy) is 1. The standard InChI is InChI=1S/C17H21NO3S/c1-12-4-5-15(13(2)8-12)21-9-16(19)18-11-17(3,20)14-6-7-22-10-14/h4-8,10,20H,9,11H2,1-3H3,(H,18,19). The predicted octanol–water partition coefficient (Wildman–Crippen LogP) is 2.77. The van der Waals surface area contributed by atoms with Crippen molar-refractivity contribution in [3.63, 3.8) is 0 Å². The number of benzene rings is 1. The first-order valence-electron chi connectivity index (χ1n) is 7.10. The van der Waals surface area contributed by atoms with E-state index < -0.39 is 5.60 Å². The average molecular weight is 319 g/mol. The molecule has 1 aromatic carbocycles. The van der Waals surface area contributed by atoms with E-state index in [1.807, 2.05) is 48.9 Å². The Bertz CT molecular complexity index is 635. The molecule has 2 N–H and O–H groups in total. The molecule has 1 aromatic heterocycles. The van der Waals surface area contributed by atoms with E-state index in [2.05, 4.69) is 5.32 Å². The maximum Gasteiger partial charge on any atom is 0.258 e. The summed E-state index contributed by atoms with van der Waals surface area (Å²) < 4.78 is 5.52. The van der Waals surface area contributed by atoms with Crippen molar-refractivity contribution in [1.29, 1.82) is 0 Å². The maximum absolute atomic E-state index is 11.9. The molecule has 5 heteroatoms. The molecule has 0 radical (unpaired) electrons. The molecule has 2 rings (SSSR count). The van der Waals surface area contributed by atoms with E-state index in [4.69, 9.17) is 4.74 Å². The highest BCUT2D eigenvalue weighted by atomic mass is 32.1. The minimum Gasteiger partial charge on any atom is -0.484 e. The number of amides is 1. The van der Waals surface area contributed by atoms with Crippen LogP contribution in [-0.4, -0.2) is 24.2 Å². The Hall–Kier alpha value is -1.85. The van der Waals surface area contributed by atoms with Crippen molar-refractivity contribution in [3.8, 4) is 5.75 Å². The van der Waals surface area contributed by atoms with Crippen LogP contribution in [0.3, 0.4) is 0 Å². The number of carbonyl (C=O) groups excluding carboxylic acids is 1. The molecule has 0 saturated heterocycles. The Balaban J connectivity index is 1.83. The first kappa shape index (κ1) is 16.5. The van der Waals surface area contributed by atoms with Crippen molar-refractivity contribution in [1.82, 2.24) is 5.32 Å². The summed E-state index contributed by atoms with van der Waals surface area (Å²) in [6.07, 6.45) is 0. The van der Waals surface area contributed by atoms with Gasteiger partial charge in [-0.25, -0.2) is 0 Å². The fourth-order valence-corrected chi connectivity index (χ4v) is 2.88. The van der Waals surface area contributed by atoms with Gasteiger partial charge in [0, 0.05) is 0 Å². The topological polar surface area (TPSA) is 58.6 Å². The zero-order valence-corrected chi connectivity index (χ0v) is 13.9. The highest BCUT2D eigenvalue weighted by Gasteiger charge is 2.24. The number of hydrogen-bond acceptors (Lipinski definition) is 4. The fraction of sp³-hybridized carbons (Fsp3) is 0.353. The van der Waals surface area contributed by atoms with Crippen LogP contribution in [0.15, 0.2) is 35.0 Å². The molecular weight excluding hydrogens is 298 g/mol. The number of aryl methyl sites for hydroxylation is 2. The van der Waals surface area contributed by atoms with Crippen LogP contribution in [0.1, 0.15) is 23.6 Å². The minimum absolute atomic E-state index is 0.0659. The van der Waals surface area contributed by atoms with Gasteiger partial charge in [0.25, 0.3) is 5.91 Å². The second kappa shape index (κ2) is 6.94. The van der Waals surface area contributed by atoms with Gasteiger partial charge in [-0.1, -0.05) is 17.7 Å². The zero-order valence-electron chi connectivity index (χ0n) is 13.1. The lowest BCUT2D eigenvalue weighted by atomic mass is 9.99. The van der Waals surface area contributed by atoms with E-state index >= 15 is 0 Å². The van der Waals surface area contributed by atoms with Gasteiger partial charge >= 0.3 is 0 Å². The third kappa shape index (κ3) is 4.32. The SMILES string of the molecule is Cc1ccc(OCC(=O)NCC(C)(O)c2ccsc2)c(C)c1. The number of rotatable bonds is 6. The molecule has 0 spiro atoms. The summed E-state index contributed by atoms with van der Waals surface area (Å²) >= 11 is 1.51. The van der Waals surface area contributed by atoms with E-state index in [1.165, 1.54) is 11.3 Å². The molecule has 2 aromatic rings. The van der Waals surface area contributed by atoms with Crippen molar-refractivity contribution < 1.29 is 14.6 Å². The van der Waals surface area contributed by atoms with Crippen LogP contribution in [0.25, 0.3) is 0 Å². The van der Waals surface area contributed by atoms with Crippen molar-refractivity contribution in [2.45, 2.75) is 26.4 Å². The molecular formula is C17H21NO3S. The average Bonchev–Trinajstić information content (AvgIpc) is 2.99. The van der Waals surface area contributed by atoms with Crippen LogP contribution in [0.5, 0.6) is 5.75 Å². The van der Waals surface area contributed by atoms with E-state index in [1.54, 1.807) is 6.92 Å². The zero-order chi connectivity index (χ0) is 16.2. The molecule has 1 unspecified atom stereocenters. The molecule has 1 heterocycles. The second-order valence-electron chi connectivity index (χ2n) is 5.62. The lowest BCUT2D eigenvalue weighted by Crippen LogP contribution is -2.40. The summed E-state index contributed by atoms with van der Waals surface area (Å²) in [7, 11) is 0. The monoisotopic (exact) mass is 319 g/mol. The van der Waals surface area contributed by atoms with Gasteiger partial charge in [0.1, 0.15) is 11.4 Å². The number of aliphatic hydroxyl groups is 1. The lowest BCUT2D eigenvalue weighted by Gasteiger charge is -2.22. The highest BCUT2D eigenvalue weighted by Crippen LogP contribution is 2.22. The van der Waals surface area contributed by atoms with Gasteiger partial charge in [-0.15, -0.1) is 0 Å². The summed E-state index contributed by atoms with van der Waals surface area (Å²) in [5, 5.41) is 16.8. The summed E-state index contributed by atoms with van der Waals surface area (Å²) in [6.45, 7) is 5.72. The molecule has 0 fully saturated rings. The lowest BCUT2D eigenvalue weighted by molar-refractivity contribution is -0.124. The van der Waals surface area contributed by atoms with E-state index in [-0.39, 0.29) is 19.1 Å². The first-order chi connectivity index (χ1) is 10.4. The summed E-state index contributed by atoms with van der Waals surface area (Å²) in [4.78, 5) is 11.9. The maximum atomic E-state index is 11.9. The van der Waals surface area contributed by atoms with Crippen LogP contribution < -0.4 is 10.1 Å². The Kier molecular flexibility index (Phi) is 5.21. The Morgan fingerprint density at radius 1 is 1.36 bits per heavy atom. The fourth-order valence-electron chi connectivity index (χ4n) is 2.10. The number of nitrogens with one attached hydrogen (secondary N) is 1. The van der Waals surface area contributed by atoms with Gasteiger partial charge in [-0.05, 0) is 54.8 Å². The van der Waals surface area contributed by atoms with E-state index in [0.717, 1.165) is 16.7 Å². The van der Waals surface area contributed by atoms with Crippen LogP contribution in [0.2, 0.25) is 0 Å². The van der Waals surface area contributed by atoms with Gasteiger partial charge in [0.05, 0.1) is 6.54 Å². The molecule has 1 atom stereocenters. The number of carbonyl (C=O) groups is 1. The Morgan fingerprint density at radius 2 is 2.14 bits per heavy atom. The summed E-state index contributed by atoms with van der Waals surface area (Å²) in [5.74, 6) is 0.445. The van der Waals surface area contributed by atoms with Crippen LogP contribution in [0.4, 0.5) is 0 Å². The molecule has 1 amide bonds. The second-order valence-corrected chi connectivity index (χ2v) is 6.40. The van der Waals surface area contributed by atoms with Crippen molar-refractivity contribution in [2.24, 2.45) is 0 Å². The van der Waals surface area contributed by atoms with Gasteiger partial charge in [-0.3, -0.25) is 4.79 Å². The Morgan fingerprint density at radius 3 is 2.77 bits per heavy atom. The van der Waals surface area contributed by atoms with Gasteiger partial charge < -0.3 is 15.2 Å². The summed E-state index contributed by atoms with van der Waals surface area (Å²) in [5.41, 5.74) is 1.88. The summed E-state index contributed by atoms with van der Waals surface area (Å²) in [6, 6.07) is 7.67. The van der Waals surface area contributed by atoms with Gasteiger partial charge in [0.15, 0.2) is 6.61 Å². The van der Waals surface area contributed by atoms with Crippen LogP contribution >= 0.6 is 11.3 Å². The predicted molar refractivity (Wildman–Crippen MR) is 88.3 cm³/mol. The molecule has 0 aliphatic carbocycles. The number of thiophene rings is 1. The Labute approximate surface area is 134 Å². The van der Waals surface area contributed by atoms with E-state index in [9.17, 15) is 9.90 Å². The molecule has 22 heavy (non-hydrogen) atoms. The molecule has 118 valence electrons. The minimum atomic E-state index is -1.07. The van der Waals surface area contributed by atoms with Crippen LogP contribution in [0, 0.1) is 13.8 Å². The largest absolute Gasteiger partial charge is 0.484 e. The molecule has 4 nitrogen and oxygen atoms in total. The van der Waals surface area contributed by atoms with Crippen molar-refractivity contribution >= 4 is 17.2 Å². The quantitative estimate of drug-likeness (QED) is 0.861. The van der Waals surface area contributed by atoms with Crippen molar-refractivity contribution in [2.75, 3.05) is 13.2 Å². The molecule has 0 aliphatic heterocycles. The van der Waals surface area contributed by atoms with Crippen LogP contribution in [-0.2, 0) is 10.4 Å². The van der Waals surface area contributed by atoms with Gasteiger partial charge in [0.2, 0.25) is 0 Å². The molecule has 0 aliphatic rings. The molecule has 0 bridgehead atoms. The third-order valence-electron chi connectivity index (χ3n) is 3.46. The highest BCUT2D eigenvalue weighted by molar-refractivity contribution is 7.08. The van der Waals surface area contributed by atoms with Gasteiger partial charge in [-0.2, -0.15) is 11.3 Å². The first-order valence-corrected chi connectivity index (χ1v) is 8.04. The molecule has 0 saturated carbocycles. The smallest absolute Gasteiger partial charge is 0.258 e. The number of hydrogen-bond donors (Lipinski definition) is 2. The van der Waals surface area contributed by atoms with E-state index in [0.29, 0.717) is 5.75 Å². The normalized spacial score (nSPS) is 13.5.